The van der Waals surface area contributed by atoms with Crippen molar-refractivity contribution in [1.29, 1.82) is 0 Å². The first-order valence-corrected chi connectivity index (χ1v) is 6.69. The third-order valence-corrected chi connectivity index (χ3v) is 3.47. The van der Waals surface area contributed by atoms with E-state index in [2.05, 4.69) is 0 Å². The summed E-state index contributed by atoms with van der Waals surface area (Å²) in [5.41, 5.74) is 0.968. The van der Waals surface area contributed by atoms with Gasteiger partial charge in [-0.15, -0.1) is 0 Å². The maximum atomic E-state index is 12.4. The van der Waals surface area contributed by atoms with E-state index >= 15 is 0 Å². The Labute approximate surface area is 127 Å². The highest BCUT2D eigenvalue weighted by atomic mass is 35.5. The smallest absolute Gasteiger partial charge is 0.336 e. The first-order valence-electron chi connectivity index (χ1n) is 6.32. The van der Waals surface area contributed by atoms with E-state index in [9.17, 15) is 9.59 Å². The predicted octanol–water partition coefficient (Wildman–Crippen LogP) is 3.31. The highest BCUT2D eigenvalue weighted by Crippen LogP contribution is 2.18. The van der Waals surface area contributed by atoms with Crippen LogP contribution in [0.3, 0.4) is 0 Å². The maximum Gasteiger partial charge on any atom is 0.336 e. The Hall–Kier alpha value is -2.33. The number of nitrogens with zero attached hydrogens (tertiary/aromatic N) is 1. The maximum absolute atomic E-state index is 12.4. The van der Waals surface area contributed by atoms with Gasteiger partial charge in [0.25, 0.3) is 5.91 Å². The van der Waals surface area contributed by atoms with Crippen LogP contribution in [0, 0.1) is 0 Å². The van der Waals surface area contributed by atoms with E-state index in [0.717, 1.165) is 5.56 Å². The molecule has 4 nitrogen and oxygen atoms in total. The quantitative estimate of drug-likeness (QED) is 0.942. The minimum Gasteiger partial charge on any atom is -0.478 e. The molecule has 5 heteroatoms. The molecule has 0 aliphatic carbocycles. The lowest BCUT2D eigenvalue weighted by atomic mass is 10.1. The van der Waals surface area contributed by atoms with Crippen molar-refractivity contribution in [3.63, 3.8) is 0 Å². The first-order chi connectivity index (χ1) is 10.0. The highest BCUT2D eigenvalue weighted by Gasteiger charge is 2.19. The monoisotopic (exact) mass is 303 g/mol. The largest absolute Gasteiger partial charge is 0.478 e. The number of benzene rings is 2. The predicted molar refractivity (Wildman–Crippen MR) is 80.7 cm³/mol. The summed E-state index contributed by atoms with van der Waals surface area (Å²) in [7, 11) is 1.62. The number of rotatable bonds is 4. The fraction of sp³-hybridized carbons (Fsp3) is 0.125. The lowest BCUT2D eigenvalue weighted by molar-refractivity contribution is 0.0680. The van der Waals surface area contributed by atoms with Crippen LogP contribution in [-0.2, 0) is 6.54 Å². The molecule has 0 aromatic heterocycles. The second kappa shape index (κ2) is 6.41. The number of amides is 1. The zero-order chi connectivity index (χ0) is 15.4. The standard InChI is InChI=1S/C16H14ClNO3/c1-18(10-11-6-2-5-9-14(11)17)15(19)12-7-3-4-8-13(12)16(20)21/h2-9H,10H2,1H3,(H,20,21). The Kier molecular flexibility index (Phi) is 4.60. The van der Waals surface area contributed by atoms with Crippen LogP contribution in [0.1, 0.15) is 26.3 Å². The molecule has 2 aromatic rings. The molecule has 0 spiro atoms. The van der Waals surface area contributed by atoms with Gasteiger partial charge in [-0.25, -0.2) is 4.79 Å². The van der Waals surface area contributed by atoms with Crippen LogP contribution in [0.25, 0.3) is 0 Å². The minimum atomic E-state index is -1.12. The molecule has 1 N–H and O–H groups in total. The van der Waals surface area contributed by atoms with Gasteiger partial charge in [-0.2, -0.15) is 0 Å². The zero-order valence-corrected chi connectivity index (χ0v) is 12.2. The van der Waals surface area contributed by atoms with Crippen LogP contribution in [-0.4, -0.2) is 28.9 Å². The molecule has 0 saturated heterocycles. The summed E-state index contributed by atoms with van der Waals surface area (Å²) in [4.78, 5) is 25.0. The third kappa shape index (κ3) is 3.41. The van der Waals surface area contributed by atoms with Gasteiger partial charge >= 0.3 is 5.97 Å². The second-order valence-corrected chi connectivity index (χ2v) is 5.01. The van der Waals surface area contributed by atoms with E-state index in [4.69, 9.17) is 16.7 Å². The molecular weight excluding hydrogens is 290 g/mol. The van der Waals surface area contributed by atoms with Crippen molar-refractivity contribution < 1.29 is 14.7 Å². The molecule has 2 aromatic carbocycles. The summed E-state index contributed by atoms with van der Waals surface area (Å²) in [6.45, 7) is 0.312. The van der Waals surface area contributed by atoms with Gasteiger partial charge in [-0.1, -0.05) is 41.9 Å². The van der Waals surface area contributed by atoms with E-state index in [0.29, 0.717) is 11.6 Å². The average molecular weight is 304 g/mol. The van der Waals surface area contributed by atoms with Crippen molar-refractivity contribution in [3.8, 4) is 0 Å². The highest BCUT2D eigenvalue weighted by molar-refractivity contribution is 6.31. The minimum absolute atomic E-state index is 0.00601. The normalized spacial score (nSPS) is 10.2. The van der Waals surface area contributed by atoms with Crippen LogP contribution < -0.4 is 0 Å². The molecule has 21 heavy (non-hydrogen) atoms. The van der Waals surface area contributed by atoms with Crippen LogP contribution >= 0.6 is 11.6 Å². The summed E-state index contributed by atoms with van der Waals surface area (Å²) in [5.74, 6) is -1.47. The number of carbonyl (C=O) groups excluding carboxylic acids is 1. The number of hydrogen-bond acceptors (Lipinski definition) is 2. The van der Waals surface area contributed by atoms with Gasteiger partial charge in [0.05, 0.1) is 11.1 Å². The topological polar surface area (TPSA) is 57.6 Å². The molecule has 0 bridgehead atoms. The van der Waals surface area contributed by atoms with Crippen molar-refractivity contribution >= 4 is 23.5 Å². The Morgan fingerprint density at radius 1 is 1.05 bits per heavy atom. The molecule has 2 rings (SSSR count). The number of carbonyl (C=O) groups is 2. The molecule has 0 saturated carbocycles. The van der Waals surface area contributed by atoms with Crippen LogP contribution in [0.4, 0.5) is 0 Å². The number of carboxylic acids is 1. The van der Waals surface area contributed by atoms with Gasteiger partial charge in [0.15, 0.2) is 0 Å². The molecule has 0 aliphatic heterocycles. The average Bonchev–Trinajstić information content (AvgIpc) is 2.48. The third-order valence-electron chi connectivity index (χ3n) is 3.10. The van der Waals surface area contributed by atoms with Crippen molar-refractivity contribution in [2.45, 2.75) is 6.54 Å². The molecule has 0 unspecified atom stereocenters. The molecule has 0 aliphatic rings. The summed E-state index contributed by atoms with van der Waals surface area (Å²) >= 11 is 6.07. The van der Waals surface area contributed by atoms with E-state index in [-0.39, 0.29) is 17.0 Å². The van der Waals surface area contributed by atoms with Crippen molar-refractivity contribution in [3.05, 3.63) is 70.2 Å². The van der Waals surface area contributed by atoms with Crippen LogP contribution in [0.2, 0.25) is 5.02 Å². The molecule has 1 amide bonds. The van der Waals surface area contributed by atoms with E-state index in [1.807, 2.05) is 18.2 Å². The molecule has 0 radical (unpaired) electrons. The fourth-order valence-electron chi connectivity index (χ4n) is 2.02. The van der Waals surface area contributed by atoms with E-state index in [1.165, 1.54) is 17.0 Å². The summed E-state index contributed by atoms with van der Waals surface area (Å²) in [6, 6.07) is 13.4. The molecule has 0 heterocycles. The van der Waals surface area contributed by atoms with Crippen LogP contribution in [0.5, 0.6) is 0 Å². The van der Waals surface area contributed by atoms with Crippen molar-refractivity contribution in [2.24, 2.45) is 0 Å². The fourth-order valence-corrected chi connectivity index (χ4v) is 2.21. The number of hydrogen-bond donors (Lipinski definition) is 1. The first kappa shape index (κ1) is 15.1. The Balaban J connectivity index is 2.24. The van der Waals surface area contributed by atoms with Gasteiger partial charge in [0, 0.05) is 18.6 Å². The summed E-state index contributed by atoms with van der Waals surface area (Å²) < 4.78 is 0. The number of halogens is 1. The van der Waals surface area contributed by atoms with Gasteiger partial charge < -0.3 is 10.0 Å². The molecule has 108 valence electrons. The van der Waals surface area contributed by atoms with Crippen LogP contribution in [0.15, 0.2) is 48.5 Å². The second-order valence-electron chi connectivity index (χ2n) is 4.60. The number of aromatic carboxylic acids is 1. The number of carboxylic acid groups (broad SMARTS) is 1. The molecule has 0 atom stereocenters. The Morgan fingerprint density at radius 2 is 1.62 bits per heavy atom. The molecular formula is C16H14ClNO3. The summed E-state index contributed by atoms with van der Waals surface area (Å²) in [6.07, 6.45) is 0. The SMILES string of the molecule is CN(Cc1ccccc1Cl)C(=O)c1ccccc1C(=O)O. The Bertz CT molecular complexity index is 685. The van der Waals surface area contributed by atoms with Gasteiger partial charge in [-0.05, 0) is 23.8 Å². The van der Waals surface area contributed by atoms with E-state index in [1.54, 1.807) is 25.2 Å². The van der Waals surface area contributed by atoms with Crippen molar-refractivity contribution in [2.75, 3.05) is 7.05 Å². The van der Waals surface area contributed by atoms with Gasteiger partial charge in [0.2, 0.25) is 0 Å². The van der Waals surface area contributed by atoms with Gasteiger partial charge in [0.1, 0.15) is 0 Å². The van der Waals surface area contributed by atoms with Gasteiger partial charge in [-0.3, -0.25) is 4.79 Å². The lowest BCUT2D eigenvalue weighted by Gasteiger charge is -2.19. The van der Waals surface area contributed by atoms with E-state index < -0.39 is 5.97 Å². The zero-order valence-electron chi connectivity index (χ0n) is 11.4. The Morgan fingerprint density at radius 3 is 2.24 bits per heavy atom. The molecule has 0 fully saturated rings. The summed E-state index contributed by atoms with van der Waals surface area (Å²) in [5, 5.41) is 9.71. The lowest BCUT2D eigenvalue weighted by Crippen LogP contribution is -2.27. The van der Waals surface area contributed by atoms with Crippen molar-refractivity contribution in [1.82, 2.24) is 4.90 Å².